The topological polar surface area (TPSA) is 76.3 Å². The van der Waals surface area contributed by atoms with Gasteiger partial charge >= 0.3 is 0 Å². The van der Waals surface area contributed by atoms with Crippen LogP contribution in [0.3, 0.4) is 0 Å². The Hall–Kier alpha value is -1.44. The number of nitrogens with zero attached hydrogens (tertiary/aromatic N) is 2. The van der Waals surface area contributed by atoms with E-state index in [1.807, 2.05) is 0 Å². The molecule has 0 aliphatic rings. The number of aromatic nitrogens is 1. The first-order valence-corrected chi connectivity index (χ1v) is 8.62. The number of nitrogens with two attached hydrogens (primary N) is 1. The molecule has 21 heavy (non-hydrogen) atoms. The highest BCUT2D eigenvalue weighted by molar-refractivity contribution is 9.10. The Morgan fingerprint density at radius 1 is 1.24 bits per heavy atom. The van der Waals surface area contributed by atoms with Gasteiger partial charge in [0.2, 0.25) is 10.0 Å². The zero-order valence-corrected chi connectivity index (χ0v) is 13.9. The van der Waals surface area contributed by atoms with Crippen molar-refractivity contribution in [2.24, 2.45) is 0 Å². The van der Waals surface area contributed by atoms with E-state index in [0.29, 0.717) is 23.2 Å². The molecule has 2 N–H and O–H groups in total. The van der Waals surface area contributed by atoms with Crippen LogP contribution in [0.2, 0.25) is 0 Å². The maximum Gasteiger partial charge on any atom is 0.243 e. The third kappa shape index (κ3) is 3.61. The average molecular weight is 370 g/mol. The molecule has 2 aromatic rings. The molecule has 0 radical (unpaired) electrons. The molecule has 7 heteroatoms. The fourth-order valence-corrected chi connectivity index (χ4v) is 3.61. The summed E-state index contributed by atoms with van der Waals surface area (Å²) in [5.74, 6) is 0. The molecule has 0 aliphatic carbocycles. The van der Waals surface area contributed by atoms with E-state index >= 15 is 0 Å². The summed E-state index contributed by atoms with van der Waals surface area (Å²) in [7, 11) is -3.58. The van der Waals surface area contributed by atoms with Crippen LogP contribution in [-0.4, -0.2) is 24.3 Å². The fourth-order valence-electron chi connectivity index (χ4n) is 1.89. The number of benzene rings is 1. The lowest BCUT2D eigenvalue weighted by Crippen LogP contribution is -2.30. The zero-order chi connectivity index (χ0) is 15.5. The van der Waals surface area contributed by atoms with Crippen LogP contribution in [0.25, 0.3) is 0 Å². The number of anilines is 1. The van der Waals surface area contributed by atoms with E-state index in [0.717, 1.165) is 5.56 Å². The molecule has 0 unspecified atom stereocenters. The first-order valence-electron chi connectivity index (χ1n) is 6.39. The van der Waals surface area contributed by atoms with E-state index < -0.39 is 10.0 Å². The molecule has 0 atom stereocenters. The second-order valence-corrected chi connectivity index (χ2v) is 7.26. The van der Waals surface area contributed by atoms with Gasteiger partial charge in [0.05, 0.1) is 4.90 Å². The van der Waals surface area contributed by atoms with Crippen molar-refractivity contribution in [3.8, 4) is 0 Å². The van der Waals surface area contributed by atoms with E-state index in [9.17, 15) is 8.42 Å². The summed E-state index contributed by atoms with van der Waals surface area (Å²) in [6.45, 7) is 2.49. The van der Waals surface area contributed by atoms with Gasteiger partial charge in [0.1, 0.15) is 0 Å². The number of hydrogen-bond donors (Lipinski definition) is 1. The smallest absolute Gasteiger partial charge is 0.243 e. The van der Waals surface area contributed by atoms with Crippen molar-refractivity contribution in [1.29, 1.82) is 0 Å². The third-order valence-electron chi connectivity index (χ3n) is 3.07. The van der Waals surface area contributed by atoms with Gasteiger partial charge in [-0.1, -0.05) is 6.92 Å². The highest BCUT2D eigenvalue weighted by Gasteiger charge is 2.23. The minimum atomic E-state index is -3.58. The van der Waals surface area contributed by atoms with Crippen LogP contribution in [-0.2, 0) is 16.6 Å². The maximum absolute atomic E-state index is 12.7. The van der Waals surface area contributed by atoms with Crippen LogP contribution >= 0.6 is 15.9 Å². The molecule has 1 heterocycles. The summed E-state index contributed by atoms with van der Waals surface area (Å²) in [5, 5.41) is 0. The summed E-state index contributed by atoms with van der Waals surface area (Å²) in [5.41, 5.74) is 7.06. The first kappa shape index (κ1) is 15.9. The molecule has 0 fully saturated rings. The van der Waals surface area contributed by atoms with Crippen molar-refractivity contribution in [3.63, 3.8) is 0 Å². The van der Waals surface area contributed by atoms with Gasteiger partial charge in [0, 0.05) is 35.6 Å². The van der Waals surface area contributed by atoms with Crippen LogP contribution < -0.4 is 5.73 Å². The fraction of sp³-hybridized carbons (Fsp3) is 0.214. The normalized spacial score (nSPS) is 11.8. The molecular weight excluding hydrogens is 354 g/mol. The molecule has 112 valence electrons. The van der Waals surface area contributed by atoms with Gasteiger partial charge in [0.25, 0.3) is 0 Å². The highest BCUT2D eigenvalue weighted by Crippen LogP contribution is 2.25. The predicted octanol–water partition coefficient (Wildman–Crippen LogP) is 2.64. The van der Waals surface area contributed by atoms with Gasteiger partial charge in [-0.2, -0.15) is 4.31 Å². The molecular formula is C14H16BrN3O2S. The molecule has 2 rings (SSSR count). The van der Waals surface area contributed by atoms with Crippen molar-refractivity contribution >= 4 is 31.6 Å². The van der Waals surface area contributed by atoms with Gasteiger partial charge in [-0.05, 0) is 51.8 Å². The number of pyridine rings is 1. The lowest BCUT2D eigenvalue weighted by atomic mass is 10.3. The number of halogens is 1. The Bertz CT molecular complexity index is 720. The molecule has 0 saturated heterocycles. The summed E-state index contributed by atoms with van der Waals surface area (Å²) < 4.78 is 27.4. The SMILES string of the molecule is CCN(Cc1ccncc1)S(=O)(=O)c1ccc(Br)c(N)c1. The zero-order valence-electron chi connectivity index (χ0n) is 11.5. The molecule has 0 spiro atoms. The monoisotopic (exact) mass is 369 g/mol. The van der Waals surface area contributed by atoms with Crippen molar-refractivity contribution < 1.29 is 8.42 Å². The molecule has 0 amide bonds. The van der Waals surface area contributed by atoms with Crippen LogP contribution in [0, 0.1) is 0 Å². The quantitative estimate of drug-likeness (QED) is 0.821. The number of hydrogen-bond acceptors (Lipinski definition) is 4. The maximum atomic E-state index is 12.7. The van der Waals surface area contributed by atoms with Crippen molar-refractivity contribution in [1.82, 2.24) is 9.29 Å². The van der Waals surface area contributed by atoms with E-state index in [2.05, 4.69) is 20.9 Å². The molecule has 0 saturated carbocycles. The van der Waals surface area contributed by atoms with Crippen LogP contribution in [0.1, 0.15) is 12.5 Å². The minimum absolute atomic E-state index is 0.194. The van der Waals surface area contributed by atoms with Crippen LogP contribution in [0.4, 0.5) is 5.69 Å². The molecule has 1 aromatic heterocycles. The molecule has 1 aromatic carbocycles. The second kappa shape index (κ2) is 6.55. The van der Waals surface area contributed by atoms with Crippen LogP contribution in [0.5, 0.6) is 0 Å². The van der Waals surface area contributed by atoms with E-state index in [-0.39, 0.29) is 4.90 Å². The summed E-state index contributed by atoms with van der Waals surface area (Å²) >= 11 is 3.26. The largest absolute Gasteiger partial charge is 0.398 e. The van der Waals surface area contributed by atoms with Gasteiger partial charge in [-0.3, -0.25) is 4.98 Å². The lowest BCUT2D eigenvalue weighted by Gasteiger charge is -2.21. The first-order chi connectivity index (χ1) is 9.95. The summed E-state index contributed by atoms with van der Waals surface area (Å²) in [6, 6.07) is 8.25. The van der Waals surface area contributed by atoms with Gasteiger partial charge < -0.3 is 5.73 Å². The number of sulfonamides is 1. The Balaban J connectivity index is 2.33. The van der Waals surface area contributed by atoms with E-state index in [1.54, 1.807) is 43.6 Å². The second-order valence-electron chi connectivity index (χ2n) is 4.47. The highest BCUT2D eigenvalue weighted by atomic mass is 79.9. The minimum Gasteiger partial charge on any atom is -0.398 e. The third-order valence-corrected chi connectivity index (χ3v) is 5.71. The Kier molecular flexibility index (Phi) is 4.97. The van der Waals surface area contributed by atoms with Gasteiger partial charge in [-0.25, -0.2) is 8.42 Å². The Morgan fingerprint density at radius 3 is 2.48 bits per heavy atom. The molecule has 5 nitrogen and oxygen atoms in total. The molecule has 0 bridgehead atoms. The molecule has 0 aliphatic heterocycles. The average Bonchev–Trinajstić information content (AvgIpc) is 2.48. The summed E-state index contributed by atoms with van der Waals surface area (Å²) in [4.78, 5) is 4.12. The summed E-state index contributed by atoms with van der Waals surface area (Å²) in [6.07, 6.45) is 3.29. The van der Waals surface area contributed by atoms with E-state index in [4.69, 9.17) is 5.73 Å². The predicted molar refractivity (Wildman–Crippen MR) is 86.1 cm³/mol. The van der Waals surface area contributed by atoms with Gasteiger partial charge in [0.15, 0.2) is 0 Å². The van der Waals surface area contributed by atoms with Crippen molar-refractivity contribution in [2.45, 2.75) is 18.4 Å². The number of nitrogen functional groups attached to an aromatic ring is 1. The van der Waals surface area contributed by atoms with Gasteiger partial charge in [-0.15, -0.1) is 0 Å². The van der Waals surface area contributed by atoms with E-state index in [1.165, 1.54) is 10.4 Å². The number of rotatable bonds is 5. The van der Waals surface area contributed by atoms with Crippen molar-refractivity contribution in [3.05, 3.63) is 52.8 Å². The van der Waals surface area contributed by atoms with Crippen LogP contribution in [0.15, 0.2) is 52.1 Å². The van der Waals surface area contributed by atoms with Crippen molar-refractivity contribution in [2.75, 3.05) is 12.3 Å². The lowest BCUT2D eigenvalue weighted by molar-refractivity contribution is 0.423. The standard InChI is InChI=1S/C14H16BrN3O2S/c1-2-18(10-11-5-7-17-8-6-11)21(19,20)12-3-4-13(15)14(16)9-12/h3-9H,2,10,16H2,1H3. The Labute approximate surface area is 133 Å². The Morgan fingerprint density at radius 2 is 1.90 bits per heavy atom.